The van der Waals surface area contributed by atoms with Crippen molar-refractivity contribution in [2.45, 2.75) is 31.2 Å². The van der Waals surface area contributed by atoms with Gasteiger partial charge in [-0.15, -0.1) is 0 Å². The molecule has 1 heterocycles. The van der Waals surface area contributed by atoms with Crippen molar-refractivity contribution in [2.24, 2.45) is 17.8 Å². The summed E-state index contributed by atoms with van der Waals surface area (Å²) in [5.41, 5.74) is 3.15. The van der Waals surface area contributed by atoms with Gasteiger partial charge in [0, 0.05) is 11.3 Å². The fourth-order valence-electron chi connectivity index (χ4n) is 5.66. The van der Waals surface area contributed by atoms with E-state index in [1.54, 1.807) is 12.1 Å². The Morgan fingerprint density at radius 3 is 2.68 bits per heavy atom. The summed E-state index contributed by atoms with van der Waals surface area (Å²) in [6.07, 6.45) is 3.58. The second kappa shape index (κ2) is 5.32. The molecule has 2 fully saturated rings. The van der Waals surface area contributed by atoms with Gasteiger partial charge in [-0.05, 0) is 72.8 Å². The first-order chi connectivity index (χ1) is 12.1. The zero-order chi connectivity index (χ0) is 17.1. The Labute approximate surface area is 145 Å². The predicted molar refractivity (Wildman–Crippen MR) is 93.2 cm³/mol. The summed E-state index contributed by atoms with van der Waals surface area (Å²) in [7, 11) is 0. The van der Waals surface area contributed by atoms with Gasteiger partial charge in [-0.25, -0.2) is 9.18 Å². The summed E-state index contributed by atoms with van der Waals surface area (Å²) >= 11 is 0. The maximum atomic E-state index is 14.5. The lowest BCUT2D eigenvalue weighted by atomic mass is 9.68. The maximum absolute atomic E-state index is 14.5. The van der Waals surface area contributed by atoms with Crippen molar-refractivity contribution in [1.82, 2.24) is 0 Å². The molecule has 128 valence electrons. The van der Waals surface area contributed by atoms with Gasteiger partial charge in [-0.2, -0.15) is 0 Å². The van der Waals surface area contributed by atoms with E-state index in [9.17, 15) is 14.3 Å². The lowest BCUT2D eigenvalue weighted by molar-refractivity contribution is 0.0696. The van der Waals surface area contributed by atoms with Crippen LogP contribution in [0.3, 0.4) is 0 Å². The van der Waals surface area contributed by atoms with Crippen LogP contribution in [0.1, 0.15) is 52.7 Å². The van der Waals surface area contributed by atoms with Gasteiger partial charge in [-0.3, -0.25) is 0 Å². The minimum absolute atomic E-state index is 0.0373. The summed E-state index contributed by atoms with van der Waals surface area (Å²) < 4.78 is 14.5. The molecule has 5 rings (SSSR count). The first-order valence-corrected chi connectivity index (χ1v) is 9.01. The van der Waals surface area contributed by atoms with Crippen LogP contribution >= 0.6 is 0 Å². The van der Waals surface area contributed by atoms with E-state index in [1.165, 1.54) is 25.3 Å². The molecule has 0 radical (unpaired) electrons. The second-order valence-corrected chi connectivity index (χ2v) is 7.69. The van der Waals surface area contributed by atoms with Gasteiger partial charge in [0.25, 0.3) is 0 Å². The average molecular weight is 337 g/mol. The molecule has 2 aromatic rings. The third-order valence-corrected chi connectivity index (χ3v) is 6.57. The van der Waals surface area contributed by atoms with E-state index in [2.05, 4.69) is 5.32 Å². The molecule has 5 atom stereocenters. The highest BCUT2D eigenvalue weighted by Crippen LogP contribution is 2.63. The number of anilines is 1. The highest BCUT2D eigenvalue weighted by molar-refractivity contribution is 5.88. The number of carboxylic acid groups (broad SMARTS) is 1. The molecule has 0 aromatic heterocycles. The summed E-state index contributed by atoms with van der Waals surface area (Å²) in [6, 6.07) is 12.3. The van der Waals surface area contributed by atoms with Gasteiger partial charge in [-0.1, -0.05) is 18.2 Å². The summed E-state index contributed by atoms with van der Waals surface area (Å²) in [6.45, 7) is 0. The molecule has 0 spiro atoms. The van der Waals surface area contributed by atoms with Crippen LogP contribution in [0.5, 0.6) is 0 Å². The molecule has 2 bridgehead atoms. The van der Waals surface area contributed by atoms with Gasteiger partial charge < -0.3 is 10.4 Å². The van der Waals surface area contributed by atoms with Crippen LogP contribution in [-0.2, 0) is 0 Å². The van der Waals surface area contributed by atoms with Crippen molar-refractivity contribution in [3.8, 4) is 0 Å². The Hall–Kier alpha value is -2.36. The second-order valence-electron chi connectivity index (χ2n) is 7.69. The fraction of sp³-hybridized carbons (Fsp3) is 0.381. The number of benzene rings is 2. The Morgan fingerprint density at radius 1 is 1.08 bits per heavy atom. The van der Waals surface area contributed by atoms with Crippen LogP contribution in [0.2, 0.25) is 0 Å². The molecular formula is C21H20FNO2. The fourth-order valence-corrected chi connectivity index (χ4v) is 5.66. The number of carboxylic acids is 1. The molecular weight excluding hydrogens is 317 g/mol. The Balaban J connectivity index is 1.65. The summed E-state index contributed by atoms with van der Waals surface area (Å²) in [4.78, 5) is 11.4. The van der Waals surface area contributed by atoms with Crippen LogP contribution in [-0.4, -0.2) is 11.1 Å². The summed E-state index contributed by atoms with van der Waals surface area (Å²) in [5.74, 6) is 0.805. The number of fused-ring (bicyclic) bond motifs is 7. The molecule has 1 aliphatic heterocycles. The quantitative estimate of drug-likeness (QED) is 0.826. The number of rotatable bonds is 2. The zero-order valence-electron chi connectivity index (χ0n) is 13.8. The highest BCUT2D eigenvalue weighted by atomic mass is 19.1. The van der Waals surface area contributed by atoms with E-state index in [-0.39, 0.29) is 11.9 Å². The normalized spacial score (nSPS) is 32.0. The standard InChI is InChI=1S/C21H20FNO2/c22-16-4-2-1-3-14(16)20-19-12-6-5-11(9-12)18(19)15-10-13(21(24)25)7-8-17(15)23-20/h1-4,7-8,10-12,18-20,23H,5-6,9H2,(H,24,25)/t11-,12-,18-,19-,20+/m0/s1. The first-order valence-electron chi connectivity index (χ1n) is 9.01. The number of halogens is 1. The number of aromatic carboxylic acids is 1. The highest BCUT2D eigenvalue weighted by Gasteiger charge is 2.54. The minimum Gasteiger partial charge on any atom is -0.478 e. The number of hydrogen-bond donors (Lipinski definition) is 2. The van der Waals surface area contributed by atoms with Crippen molar-refractivity contribution >= 4 is 11.7 Å². The van der Waals surface area contributed by atoms with E-state index in [4.69, 9.17) is 0 Å². The molecule has 3 aliphatic rings. The minimum atomic E-state index is -0.890. The monoisotopic (exact) mass is 337 g/mol. The van der Waals surface area contributed by atoms with Crippen molar-refractivity contribution in [3.05, 3.63) is 65.0 Å². The van der Waals surface area contributed by atoms with Crippen LogP contribution in [0.25, 0.3) is 0 Å². The molecule has 4 heteroatoms. The molecule has 2 aromatic carbocycles. The predicted octanol–water partition coefficient (Wildman–Crippen LogP) is 4.82. The van der Waals surface area contributed by atoms with Gasteiger partial charge in [0.2, 0.25) is 0 Å². The molecule has 2 saturated carbocycles. The van der Waals surface area contributed by atoms with E-state index in [1.807, 2.05) is 24.3 Å². The smallest absolute Gasteiger partial charge is 0.335 e. The van der Waals surface area contributed by atoms with Crippen molar-refractivity contribution in [3.63, 3.8) is 0 Å². The van der Waals surface area contributed by atoms with Gasteiger partial charge in [0.15, 0.2) is 0 Å². The molecule has 2 N–H and O–H groups in total. The molecule has 2 aliphatic carbocycles. The lowest BCUT2D eigenvalue weighted by Gasteiger charge is -2.43. The van der Waals surface area contributed by atoms with Crippen molar-refractivity contribution in [2.75, 3.05) is 5.32 Å². The molecule has 0 saturated heterocycles. The van der Waals surface area contributed by atoms with Crippen LogP contribution < -0.4 is 5.32 Å². The third kappa shape index (κ3) is 2.13. The molecule has 3 nitrogen and oxygen atoms in total. The van der Waals surface area contributed by atoms with Crippen LogP contribution in [0.4, 0.5) is 10.1 Å². The molecule has 25 heavy (non-hydrogen) atoms. The van der Waals surface area contributed by atoms with Crippen LogP contribution in [0, 0.1) is 23.6 Å². The van der Waals surface area contributed by atoms with Crippen molar-refractivity contribution in [1.29, 1.82) is 0 Å². The zero-order valence-corrected chi connectivity index (χ0v) is 13.8. The Kier molecular flexibility index (Phi) is 3.18. The lowest BCUT2D eigenvalue weighted by Crippen LogP contribution is -2.36. The SMILES string of the molecule is O=C(O)c1ccc2c(c1)[C@@H]1[C@H]3CC[C@@H](C3)[C@@H]1[C@@H](c1ccccc1F)N2. The Morgan fingerprint density at radius 2 is 1.88 bits per heavy atom. The molecule has 0 unspecified atom stereocenters. The average Bonchev–Trinajstić information content (AvgIpc) is 3.23. The van der Waals surface area contributed by atoms with Gasteiger partial charge in [0.1, 0.15) is 5.82 Å². The first kappa shape index (κ1) is 14.9. The number of hydrogen-bond acceptors (Lipinski definition) is 2. The van der Waals surface area contributed by atoms with E-state index in [0.717, 1.165) is 16.8 Å². The van der Waals surface area contributed by atoms with E-state index < -0.39 is 5.97 Å². The Bertz CT molecular complexity index is 865. The van der Waals surface area contributed by atoms with E-state index >= 15 is 0 Å². The number of nitrogens with one attached hydrogen (secondary N) is 1. The summed E-state index contributed by atoms with van der Waals surface area (Å²) in [5, 5.41) is 12.9. The van der Waals surface area contributed by atoms with Gasteiger partial charge in [0.05, 0.1) is 11.6 Å². The topological polar surface area (TPSA) is 49.3 Å². The van der Waals surface area contributed by atoms with Crippen LogP contribution in [0.15, 0.2) is 42.5 Å². The van der Waals surface area contributed by atoms with E-state index in [0.29, 0.717) is 29.2 Å². The van der Waals surface area contributed by atoms with Gasteiger partial charge >= 0.3 is 5.97 Å². The van der Waals surface area contributed by atoms with Crippen molar-refractivity contribution < 1.29 is 14.3 Å². The maximum Gasteiger partial charge on any atom is 0.335 e. The third-order valence-electron chi connectivity index (χ3n) is 6.57. The number of carbonyl (C=O) groups is 1. The largest absolute Gasteiger partial charge is 0.478 e. The molecule has 0 amide bonds.